The van der Waals surface area contributed by atoms with Crippen molar-refractivity contribution < 1.29 is 14.3 Å². The Kier molecular flexibility index (Phi) is 6.89. The van der Waals surface area contributed by atoms with Crippen molar-refractivity contribution in [1.82, 2.24) is 9.80 Å². The minimum Gasteiger partial charge on any atom is -0.492 e. The highest BCUT2D eigenvalue weighted by Gasteiger charge is 2.46. The number of piperidine rings is 1. The van der Waals surface area contributed by atoms with Crippen LogP contribution in [0.2, 0.25) is 0 Å². The largest absolute Gasteiger partial charge is 0.492 e. The van der Waals surface area contributed by atoms with Crippen molar-refractivity contribution in [2.75, 3.05) is 33.3 Å². The normalized spacial score (nSPS) is 24.7. The molecule has 1 aliphatic carbocycles. The average Bonchev–Trinajstić information content (AvgIpc) is 2.95. The standard InChI is InChI=1S/C23H34N4O3/c1-23(2,3)30-22(28)26(4)21-17-7-8-18(21)13-27(12-17)14-19(25)15-29-20-9-5-16(11-24)6-10-20/h5-6,9-10,17-19,21H,7-8,12-15,25H2,1-4H3/t17?,18?,19-,21?/m0/s1. The SMILES string of the molecule is CN(C(=O)OC(C)(C)C)C1C2CCC1CN(C[C@H](N)COc1ccc(C#N)cc1)C2. The second-order valence-electron chi connectivity index (χ2n) is 9.61. The van der Waals surface area contributed by atoms with Crippen LogP contribution in [0.5, 0.6) is 5.75 Å². The summed E-state index contributed by atoms with van der Waals surface area (Å²) in [4.78, 5) is 16.8. The minimum absolute atomic E-state index is 0.0971. The van der Waals surface area contributed by atoms with Crippen LogP contribution in [0.3, 0.4) is 0 Å². The number of hydrogen-bond donors (Lipinski definition) is 1. The van der Waals surface area contributed by atoms with Crippen molar-refractivity contribution in [2.45, 2.75) is 51.3 Å². The Labute approximate surface area is 179 Å². The van der Waals surface area contributed by atoms with Gasteiger partial charge in [-0.05, 0) is 69.7 Å². The van der Waals surface area contributed by atoms with Crippen molar-refractivity contribution in [1.29, 1.82) is 5.26 Å². The van der Waals surface area contributed by atoms with E-state index >= 15 is 0 Å². The van der Waals surface area contributed by atoms with Crippen molar-refractivity contribution in [3.8, 4) is 11.8 Å². The monoisotopic (exact) mass is 414 g/mol. The van der Waals surface area contributed by atoms with Gasteiger partial charge in [-0.3, -0.25) is 0 Å². The van der Waals surface area contributed by atoms with E-state index in [0.717, 1.165) is 38.2 Å². The molecule has 1 aromatic rings. The number of hydrogen-bond acceptors (Lipinski definition) is 6. The molecule has 30 heavy (non-hydrogen) atoms. The number of nitrogens with two attached hydrogens (primary N) is 1. The Morgan fingerprint density at radius 3 is 2.40 bits per heavy atom. The van der Waals surface area contributed by atoms with Crippen LogP contribution in [-0.4, -0.2) is 66.9 Å². The molecule has 2 N–H and O–H groups in total. The van der Waals surface area contributed by atoms with Gasteiger partial charge in [0.2, 0.25) is 0 Å². The summed E-state index contributed by atoms with van der Waals surface area (Å²) in [5, 5.41) is 8.86. The maximum atomic E-state index is 12.5. The molecule has 7 heteroatoms. The highest BCUT2D eigenvalue weighted by Crippen LogP contribution is 2.40. The minimum atomic E-state index is -0.479. The molecule has 2 unspecified atom stereocenters. The van der Waals surface area contributed by atoms with Gasteiger partial charge in [-0.2, -0.15) is 5.26 Å². The van der Waals surface area contributed by atoms with Crippen LogP contribution in [0.25, 0.3) is 0 Å². The second-order valence-corrected chi connectivity index (χ2v) is 9.61. The smallest absolute Gasteiger partial charge is 0.410 e. The predicted molar refractivity (Wildman–Crippen MR) is 115 cm³/mol. The molecule has 2 aliphatic rings. The summed E-state index contributed by atoms with van der Waals surface area (Å²) < 4.78 is 11.4. The topological polar surface area (TPSA) is 91.8 Å². The van der Waals surface area contributed by atoms with Crippen LogP contribution in [-0.2, 0) is 4.74 Å². The Bertz CT molecular complexity index is 754. The average molecular weight is 415 g/mol. The zero-order chi connectivity index (χ0) is 21.9. The number of amides is 1. The first-order valence-corrected chi connectivity index (χ1v) is 10.7. The van der Waals surface area contributed by atoms with E-state index in [1.54, 1.807) is 24.3 Å². The van der Waals surface area contributed by atoms with Crippen molar-refractivity contribution in [2.24, 2.45) is 17.6 Å². The first-order chi connectivity index (χ1) is 14.2. The van der Waals surface area contributed by atoms with E-state index in [-0.39, 0.29) is 18.2 Å². The van der Waals surface area contributed by atoms with E-state index in [2.05, 4.69) is 11.0 Å². The summed E-state index contributed by atoms with van der Waals surface area (Å²) >= 11 is 0. The van der Waals surface area contributed by atoms with Gasteiger partial charge < -0.3 is 25.0 Å². The molecule has 164 valence electrons. The third-order valence-corrected chi connectivity index (χ3v) is 5.93. The molecule has 3 rings (SSSR count). The zero-order valence-electron chi connectivity index (χ0n) is 18.5. The maximum Gasteiger partial charge on any atom is 0.410 e. The van der Waals surface area contributed by atoms with Gasteiger partial charge in [0.25, 0.3) is 0 Å². The molecule has 1 amide bonds. The fourth-order valence-electron chi connectivity index (χ4n) is 4.74. The molecule has 1 aromatic carbocycles. The summed E-state index contributed by atoms with van der Waals surface area (Å²) in [7, 11) is 1.87. The summed E-state index contributed by atoms with van der Waals surface area (Å²) in [6.07, 6.45) is 2.04. The van der Waals surface area contributed by atoms with Crippen molar-refractivity contribution >= 4 is 6.09 Å². The molecular formula is C23H34N4O3. The number of nitriles is 1. The Balaban J connectivity index is 1.48. The summed E-state index contributed by atoms with van der Waals surface area (Å²) in [6.45, 7) is 8.79. The number of nitrogens with zero attached hydrogens (tertiary/aromatic N) is 3. The Hall–Kier alpha value is -2.30. The molecule has 7 nitrogen and oxygen atoms in total. The molecule has 1 aliphatic heterocycles. The molecular weight excluding hydrogens is 380 g/mol. The van der Waals surface area contributed by atoms with Crippen LogP contribution in [0.4, 0.5) is 4.79 Å². The van der Waals surface area contributed by atoms with E-state index in [1.807, 2.05) is 32.7 Å². The Morgan fingerprint density at radius 2 is 1.87 bits per heavy atom. The molecule has 1 heterocycles. The molecule has 2 bridgehead atoms. The predicted octanol–water partition coefficient (Wildman–Crippen LogP) is 2.84. The number of ether oxygens (including phenoxy) is 2. The third kappa shape index (κ3) is 5.65. The van der Waals surface area contributed by atoms with E-state index in [4.69, 9.17) is 20.5 Å². The second kappa shape index (κ2) is 9.23. The molecule has 1 saturated heterocycles. The van der Waals surface area contributed by atoms with Gasteiger partial charge in [0.1, 0.15) is 18.0 Å². The van der Waals surface area contributed by atoms with Crippen molar-refractivity contribution in [3.63, 3.8) is 0 Å². The highest BCUT2D eigenvalue weighted by molar-refractivity contribution is 5.68. The fourth-order valence-corrected chi connectivity index (χ4v) is 4.74. The Morgan fingerprint density at radius 1 is 1.27 bits per heavy atom. The van der Waals surface area contributed by atoms with Gasteiger partial charge in [0.15, 0.2) is 0 Å². The van der Waals surface area contributed by atoms with Crippen molar-refractivity contribution in [3.05, 3.63) is 29.8 Å². The van der Waals surface area contributed by atoms with Crippen LogP contribution in [0.15, 0.2) is 24.3 Å². The zero-order valence-corrected chi connectivity index (χ0v) is 18.5. The van der Waals surface area contributed by atoms with Gasteiger partial charge in [0.05, 0.1) is 17.7 Å². The van der Waals surface area contributed by atoms with E-state index < -0.39 is 5.60 Å². The van der Waals surface area contributed by atoms with E-state index in [1.165, 1.54) is 0 Å². The van der Waals surface area contributed by atoms with Gasteiger partial charge in [0, 0.05) is 32.7 Å². The van der Waals surface area contributed by atoms with Gasteiger partial charge in [-0.1, -0.05) is 0 Å². The maximum absolute atomic E-state index is 12.5. The van der Waals surface area contributed by atoms with Gasteiger partial charge in [-0.15, -0.1) is 0 Å². The van der Waals surface area contributed by atoms with Crippen LogP contribution in [0, 0.1) is 23.2 Å². The molecule has 2 fully saturated rings. The fraction of sp³-hybridized carbons (Fsp3) is 0.652. The summed E-state index contributed by atoms with van der Waals surface area (Å²) in [5.41, 5.74) is 6.46. The first-order valence-electron chi connectivity index (χ1n) is 10.7. The van der Waals surface area contributed by atoms with Crippen LogP contribution in [0.1, 0.15) is 39.2 Å². The number of benzene rings is 1. The van der Waals surface area contributed by atoms with Crippen LogP contribution < -0.4 is 10.5 Å². The molecule has 3 atom stereocenters. The third-order valence-electron chi connectivity index (χ3n) is 5.93. The van der Waals surface area contributed by atoms with E-state index in [0.29, 0.717) is 24.0 Å². The lowest BCUT2D eigenvalue weighted by Gasteiger charge is -2.43. The molecule has 0 aromatic heterocycles. The lowest BCUT2D eigenvalue weighted by Crippen LogP contribution is -2.55. The number of likely N-dealkylation sites (tertiary alicyclic amines) is 1. The lowest BCUT2D eigenvalue weighted by molar-refractivity contribution is 0.00000816. The first kappa shape index (κ1) is 22.4. The molecule has 1 saturated carbocycles. The van der Waals surface area contributed by atoms with E-state index in [9.17, 15) is 4.79 Å². The lowest BCUT2D eigenvalue weighted by atomic mass is 9.91. The number of fused-ring (bicyclic) bond motifs is 2. The molecule has 0 spiro atoms. The van der Waals surface area contributed by atoms with Gasteiger partial charge in [-0.25, -0.2) is 4.79 Å². The highest BCUT2D eigenvalue weighted by atomic mass is 16.6. The summed E-state index contributed by atoms with van der Waals surface area (Å²) in [5.74, 6) is 1.63. The number of carbonyl (C=O) groups excluding carboxylic acids is 1. The molecule has 0 radical (unpaired) electrons. The number of carbonyl (C=O) groups is 1. The quantitative estimate of drug-likeness (QED) is 0.770. The summed E-state index contributed by atoms with van der Waals surface area (Å²) in [6, 6.07) is 9.31. The van der Waals surface area contributed by atoms with Gasteiger partial charge >= 0.3 is 6.09 Å². The number of rotatable bonds is 6. The van der Waals surface area contributed by atoms with Crippen LogP contribution >= 0.6 is 0 Å².